The molecule has 3 nitrogen and oxygen atoms in total. The molecule has 4 aromatic carbocycles. The van der Waals surface area contributed by atoms with Crippen molar-refractivity contribution in [3.63, 3.8) is 0 Å². The molecule has 4 heteroatoms. The summed E-state index contributed by atoms with van der Waals surface area (Å²) in [5.74, 6) is 0. The van der Waals surface area contributed by atoms with E-state index in [1.807, 2.05) is 18.2 Å². The van der Waals surface area contributed by atoms with Gasteiger partial charge in [-0.15, -0.1) is 0 Å². The molecule has 0 unspecified atom stereocenters. The molecule has 2 aromatic heterocycles. The van der Waals surface area contributed by atoms with Crippen LogP contribution in [0.1, 0.15) is 11.1 Å². The van der Waals surface area contributed by atoms with Gasteiger partial charge in [0.2, 0.25) is 5.69 Å². The highest BCUT2D eigenvalue weighted by Gasteiger charge is 2.23. The van der Waals surface area contributed by atoms with Gasteiger partial charge in [0.25, 0.3) is 0 Å². The molecule has 0 bridgehead atoms. The van der Waals surface area contributed by atoms with Crippen LogP contribution in [0.15, 0.2) is 102 Å². The van der Waals surface area contributed by atoms with E-state index in [-0.39, 0.29) is 0 Å². The van der Waals surface area contributed by atoms with Crippen LogP contribution in [0.25, 0.3) is 55.4 Å². The van der Waals surface area contributed by atoms with Crippen molar-refractivity contribution in [1.82, 2.24) is 0 Å². The lowest BCUT2D eigenvalue weighted by atomic mass is 9.95. The number of pyridine rings is 1. The molecule has 0 amide bonds. The Morgan fingerprint density at radius 3 is 1.90 bits per heavy atom. The third-order valence-electron chi connectivity index (χ3n) is 7.71. The lowest BCUT2D eigenvalue weighted by Gasteiger charge is -2.16. The van der Waals surface area contributed by atoms with Crippen LogP contribution in [-0.2, 0) is 7.05 Å². The summed E-state index contributed by atoms with van der Waals surface area (Å²) >= 11 is 0. The number of nitriles is 1. The van der Waals surface area contributed by atoms with Gasteiger partial charge in [-0.1, -0.05) is 85.5 Å². The first-order chi connectivity index (χ1) is 18.8. The molecule has 190 valence electrons. The Balaban J connectivity index is 1.51. The van der Waals surface area contributed by atoms with Gasteiger partial charge >= 0.3 is 0 Å². The van der Waals surface area contributed by atoms with Crippen LogP contribution in [0.2, 0.25) is 19.6 Å². The Bertz CT molecular complexity index is 1900. The van der Waals surface area contributed by atoms with Crippen LogP contribution in [0, 0.1) is 18.3 Å². The average Bonchev–Trinajstić information content (AvgIpc) is 3.31. The monoisotopic (exact) mass is 523 g/mol. The van der Waals surface area contributed by atoms with E-state index in [9.17, 15) is 5.26 Å². The van der Waals surface area contributed by atoms with Crippen LogP contribution >= 0.6 is 0 Å². The Labute approximate surface area is 230 Å². The van der Waals surface area contributed by atoms with Crippen molar-refractivity contribution in [1.29, 1.82) is 5.26 Å². The first kappa shape index (κ1) is 24.8. The Kier molecular flexibility index (Phi) is 5.97. The zero-order chi connectivity index (χ0) is 27.3. The lowest BCUT2D eigenvalue weighted by molar-refractivity contribution is -0.660. The van der Waals surface area contributed by atoms with Crippen molar-refractivity contribution in [2.24, 2.45) is 7.05 Å². The van der Waals surface area contributed by atoms with E-state index in [1.165, 1.54) is 10.8 Å². The highest BCUT2D eigenvalue weighted by atomic mass is 28.3. The van der Waals surface area contributed by atoms with Gasteiger partial charge in [0, 0.05) is 28.5 Å². The first-order valence-corrected chi connectivity index (χ1v) is 16.8. The number of aromatic nitrogens is 1. The summed E-state index contributed by atoms with van der Waals surface area (Å²) in [6.45, 7) is 9.22. The SMILES string of the molecule is Cc1ccc2c(oc3c(-c4ccc(-c5ccc([Si](C)(C)C)cc5)cc4)c(C#N)ccc32)c1-c1cccc[n+]1C. The van der Waals surface area contributed by atoms with E-state index >= 15 is 0 Å². The molecule has 0 spiro atoms. The van der Waals surface area contributed by atoms with Crippen molar-refractivity contribution in [3.8, 4) is 39.6 Å². The molecule has 0 atom stereocenters. The summed E-state index contributed by atoms with van der Waals surface area (Å²) in [5, 5.41) is 13.6. The molecule has 0 N–H and O–H groups in total. The summed E-state index contributed by atoms with van der Waals surface area (Å²) in [4.78, 5) is 0. The Hall–Kier alpha value is -4.46. The maximum atomic E-state index is 10.1. The number of aryl methyl sites for hydroxylation is 2. The molecule has 6 rings (SSSR count). The Morgan fingerprint density at radius 2 is 1.28 bits per heavy atom. The second kappa shape index (κ2) is 9.38. The third kappa shape index (κ3) is 4.26. The number of fused-ring (bicyclic) bond motifs is 3. The van der Waals surface area contributed by atoms with Gasteiger partial charge in [0.05, 0.1) is 25.3 Å². The summed E-state index contributed by atoms with van der Waals surface area (Å²) in [6, 6.07) is 34.3. The molecule has 0 aliphatic rings. The molecule has 39 heavy (non-hydrogen) atoms. The summed E-state index contributed by atoms with van der Waals surface area (Å²) in [6.07, 6.45) is 2.05. The topological polar surface area (TPSA) is 40.8 Å². The molecular weight excluding hydrogens is 492 g/mol. The number of benzene rings is 4. The Morgan fingerprint density at radius 1 is 0.692 bits per heavy atom. The second-order valence-electron chi connectivity index (χ2n) is 11.3. The number of nitrogens with zero attached hydrogens (tertiary/aromatic N) is 2. The average molecular weight is 524 g/mol. The molecule has 2 heterocycles. The second-order valence-corrected chi connectivity index (χ2v) is 16.4. The van der Waals surface area contributed by atoms with Crippen LogP contribution in [0.4, 0.5) is 0 Å². The van der Waals surface area contributed by atoms with Crippen molar-refractivity contribution >= 4 is 35.2 Å². The zero-order valence-corrected chi connectivity index (χ0v) is 24.0. The fraction of sp³-hybridized carbons (Fsp3) is 0.143. The standard InChI is InChI=1S/C35H31N2OSi/c1-23-9-19-29-30-20-16-27(22-36)33(35(30)38-34(29)32(23)31-8-6-7-21-37(31)2)26-12-10-24(11-13-26)25-14-17-28(18-15-25)39(3,4)5/h6-21H,1-5H3/q+1. The molecule has 0 aliphatic heterocycles. The molecule has 0 radical (unpaired) electrons. The van der Waals surface area contributed by atoms with Crippen LogP contribution in [0.5, 0.6) is 0 Å². The minimum absolute atomic E-state index is 0.609. The van der Waals surface area contributed by atoms with E-state index < -0.39 is 8.07 Å². The van der Waals surface area contributed by atoms with Crippen molar-refractivity contribution in [3.05, 3.63) is 108 Å². The van der Waals surface area contributed by atoms with Gasteiger partial charge in [0.15, 0.2) is 6.20 Å². The van der Waals surface area contributed by atoms with Crippen molar-refractivity contribution in [2.45, 2.75) is 26.6 Å². The minimum Gasteiger partial charge on any atom is -0.454 e. The number of furan rings is 1. The largest absolute Gasteiger partial charge is 0.454 e. The fourth-order valence-corrected chi connectivity index (χ4v) is 6.64. The third-order valence-corrected chi connectivity index (χ3v) is 9.77. The molecular formula is C35H31N2OSi+. The molecule has 0 saturated heterocycles. The lowest BCUT2D eigenvalue weighted by Crippen LogP contribution is -2.37. The fourth-order valence-electron chi connectivity index (χ4n) is 5.48. The molecule has 0 aliphatic carbocycles. The minimum atomic E-state index is -1.34. The van der Waals surface area contributed by atoms with Crippen LogP contribution in [-0.4, -0.2) is 8.07 Å². The highest BCUT2D eigenvalue weighted by molar-refractivity contribution is 6.88. The van der Waals surface area contributed by atoms with Gasteiger partial charge < -0.3 is 4.42 Å². The highest BCUT2D eigenvalue weighted by Crippen LogP contribution is 2.42. The quantitative estimate of drug-likeness (QED) is 0.173. The van der Waals surface area contributed by atoms with Gasteiger partial charge in [0.1, 0.15) is 18.2 Å². The predicted octanol–water partition coefficient (Wildman–Crippen LogP) is 8.14. The summed E-state index contributed by atoms with van der Waals surface area (Å²) in [7, 11) is 0.715. The zero-order valence-electron chi connectivity index (χ0n) is 23.0. The maximum absolute atomic E-state index is 10.1. The van der Waals surface area contributed by atoms with E-state index in [0.29, 0.717) is 5.56 Å². The number of hydrogen-bond donors (Lipinski definition) is 0. The molecule has 0 fully saturated rings. The smallest absolute Gasteiger partial charge is 0.216 e. The van der Waals surface area contributed by atoms with E-state index in [1.54, 1.807) is 0 Å². The van der Waals surface area contributed by atoms with E-state index in [2.05, 4.69) is 123 Å². The molecule has 6 aromatic rings. The van der Waals surface area contributed by atoms with Crippen molar-refractivity contribution in [2.75, 3.05) is 0 Å². The maximum Gasteiger partial charge on any atom is 0.216 e. The number of hydrogen-bond acceptors (Lipinski definition) is 2. The predicted molar refractivity (Wildman–Crippen MR) is 164 cm³/mol. The van der Waals surface area contributed by atoms with E-state index in [4.69, 9.17) is 4.42 Å². The first-order valence-electron chi connectivity index (χ1n) is 13.3. The van der Waals surface area contributed by atoms with Gasteiger partial charge in [-0.25, -0.2) is 4.57 Å². The number of rotatable bonds is 4. The molecule has 0 saturated carbocycles. The van der Waals surface area contributed by atoms with E-state index in [0.717, 1.165) is 55.4 Å². The summed E-state index contributed by atoms with van der Waals surface area (Å²) in [5.41, 5.74) is 9.69. The van der Waals surface area contributed by atoms with Gasteiger partial charge in [-0.3, -0.25) is 0 Å². The summed E-state index contributed by atoms with van der Waals surface area (Å²) < 4.78 is 8.82. The normalized spacial score (nSPS) is 11.7. The van der Waals surface area contributed by atoms with Crippen LogP contribution < -0.4 is 9.75 Å². The van der Waals surface area contributed by atoms with Gasteiger partial charge in [-0.2, -0.15) is 5.26 Å². The van der Waals surface area contributed by atoms with Crippen molar-refractivity contribution < 1.29 is 8.98 Å². The van der Waals surface area contributed by atoms with Crippen LogP contribution in [0.3, 0.4) is 0 Å². The van der Waals surface area contributed by atoms with Gasteiger partial charge in [-0.05, 0) is 47.4 Å².